The Morgan fingerprint density at radius 2 is 2.24 bits per heavy atom. The third-order valence-electron chi connectivity index (χ3n) is 4.17. The second kappa shape index (κ2) is 5.97. The van der Waals surface area contributed by atoms with E-state index in [0.29, 0.717) is 13.2 Å². The number of hydrogen-bond donors (Lipinski definition) is 0. The van der Waals surface area contributed by atoms with Crippen molar-refractivity contribution in [2.24, 2.45) is 0 Å². The minimum absolute atomic E-state index is 0.116. The summed E-state index contributed by atoms with van der Waals surface area (Å²) in [4.78, 5) is 25.1. The predicted molar refractivity (Wildman–Crippen MR) is 79.1 cm³/mol. The van der Waals surface area contributed by atoms with Gasteiger partial charge in [-0.2, -0.15) is 0 Å². The van der Waals surface area contributed by atoms with Crippen LogP contribution in [-0.2, 0) is 22.5 Å². The Balaban J connectivity index is 1.75. The molecule has 3 heterocycles. The number of nitrogens with zero attached hydrogens (tertiary/aromatic N) is 4. The standard InChI is InChI=1S/C15H22N4O2/c1-18(2)14-11-6-7-19(9-12(11)16-10-17-14)15(20)13-5-3-4-8-21-13/h10,13H,3-9H2,1-2H3/t13-/m1/s1. The molecular formula is C15H22N4O2. The number of anilines is 1. The fraction of sp³-hybridized carbons (Fsp3) is 0.667. The van der Waals surface area contributed by atoms with Crippen LogP contribution in [0.15, 0.2) is 6.33 Å². The van der Waals surface area contributed by atoms with Gasteiger partial charge in [-0.25, -0.2) is 9.97 Å². The Labute approximate surface area is 125 Å². The van der Waals surface area contributed by atoms with Gasteiger partial charge in [-0.3, -0.25) is 4.79 Å². The normalized spacial score (nSPS) is 21.8. The van der Waals surface area contributed by atoms with Crippen LogP contribution < -0.4 is 4.90 Å². The highest BCUT2D eigenvalue weighted by Crippen LogP contribution is 2.25. The Kier molecular flexibility index (Phi) is 4.05. The van der Waals surface area contributed by atoms with E-state index >= 15 is 0 Å². The summed E-state index contributed by atoms with van der Waals surface area (Å²) in [5.74, 6) is 1.08. The predicted octanol–water partition coefficient (Wildman–Crippen LogP) is 0.996. The van der Waals surface area contributed by atoms with Crippen LogP contribution >= 0.6 is 0 Å². The van der Waals surface area contributed by atoms with Crippen LogP contribution in [0.1, 0.15) is 30.5 Å². The van der Waals surface area contributed by atoms with Crippen molar-refractivity contribution in [2.75, 3.05) is 32.1 Å². The van der Waals surface area contributed by atoms with Gasteiger partial charge in [0.2, 0.25) is 0 Å². The first-order chi connectivity index (χ1) is 10.2. The van der Waals surface area contributed by atoms with Crippen molar-refractivity contribution in [3.63, 3.8) is 0 Å². The summed E-state index contributed by atoms with van der Waals surface area (Å²) in [5.41, 5.74) is 2.13. The zero-order chi connectivity index (χ0) is 14.8. The van der Waals surface area contributed by atoms with Gasteiger partial charge in [-0.15, -0.1) is 0 Å². The van der Waals surface area contributed by atoms with Crippen LogP contribution in [0, 0.1) is 0 Å². The molecule has 2 aliphatic rings. The summed E-state index contributed by atoms with van der Waals surface area (Å²) in [6, 6.07) is 0. The van der Waals surface area contributed by atoms with E-state index in [-0.39, 0.29) is 12.0 Å². The highest BCUT2D eigenvalue weighted by molar-refractivity contribution is 5.81. The first-order valence-electron chi connectivity index (χ1n) is 7.57. The lowest BCUT2D eigenvalue weighted by molar-refractivity contribution is -0.147. The summed E-state index contributed by atoms with van der Waals surface area (Å²) in [5, 5.41) is 0. The van der Waals surface area contributed by atoms with Crippen molar-refractivity contribution in [1.82, 2.24) is 14.9 Å². The highest BCUT2D eigenvalue weighted by atomic mass is 16.5. The van der Waals surface area contributed by atoms with Crippen molar-refractivity contribution in [2.45, 2.75) is 38.3 Å². The van der Waals surface area contributed by atoms with Crippen LogP contribution in [0.3, 0.4) is 0 Å². The van der Waals surface area contributed by atoms with Gasteiger partial charge in [0.1, 0.15) is 18.2 Å². The lowest BCUT2D eigenvalue weighted by Gasteiger charge is -2.33. The van der Waals surface area contributed by atoms with Crippen LogP contribution in [0.2, 0.25) is 0 Å². The number of hydrogen-bond acceptors (Lipinski definition) is 5. The molecule has 1 saturated heterocycles. The fourth-order valence-electron chi connectivity index (χ4n) is 3.05. The van der Waals surface area contributed by atoms with Gasteiger partial charge in [-0.05, 0) is 25.7 Å². The van der Waals surface area contributed by atoms with E-state index in [1.165, 1.54) is 0 Å². The maximum atomic E-state index is 12.5. The molecule has 1 aromatic rings. The van der Waals surface area contributed by atoms with Gasteiger partial charge in [0.25, 0.3) is 5.91 Å². The minimum Gasteiger partial charge on any atom is -0.368 e. The second-order valence-electron chi connectivity index (χ2n) is 5.88. The highest BCUT2D eigenvalue weighted by Gasteiger charge is 2.30. The number of rotatable bonds is 2. The van der Waals surface area contributed by atoms with Gasteiger partial charge in [0.15, 0.2) is 0 Å². The van der Waals surface area contributed by atoms with Gasteiger partial charge in [0, 0.05) is 32.8 Å². The van der Waals surface area contributed by atoms with Gasteiger partial charge in [-0.1, -0.05) is 0 Å². The smallest absolute Gasteiger partial charge is 0.252 e. The molecule has 0 unspecified atom stereocenters. The average Bonchev–Trinajstić information content (AvgIpc) is 2.53. The zero-order valence-corrected chi connectivity index (χ0v) is 12.7. The largest absolute Gasteiger partial charge is 0.368 e. The summed E-state index contributed by atoms with van der Waals surface area (Å²) in [6.07, 6.45) is 5.12. The fourth-order valence-corrected chi connectivity index (χ4v) is 3.05. The molecule has 114 valence electrons. The molecule has 6 nitrogen and oxygen atoms in total. The molecule has 1 fully saturated rings. The zero-order valence-electron chi connectivity index (χ0n) is 12.7. The molecule has 6 heteroatoms. The molecule has 3 rings (SSSR count). The average molecular weight is 290 g/mol. The summed E-state index contributed by atoms with van der Waals surface area (Å²) in [7, 11) is 3.96. The number of carbonyl (C=O) groups is 1. The molecular weight excluding hydrogens is 268 g/mol. The molecule has 0 radical (unpaired) electrons. The van der Waals surface area contributed by atoms with Gasteiger partial charge in [0.05, 0.1) is 12.2 Å². The molecule has 1 aromatic heterocycles. The monoisotopic (exact) mass is 290 g/mol. The number of carbonyl (C=O) groups excluding carboxylic acids is 1. The number of fused-ring (bicyclic) bond motifs is 1. The van der Waals surface area contributed by atoms with Crippen LogP contribution in [0.25, 0.3) is 0 Å². The van der Waals surface area contributed by atoms with E-state index < -0.39 is 0 Å². The molecule has 2 aliphatic heterocycles. The molecule has 21 heavy (non-hydrogen) atoms. The van der Waals surface area contributed by atoms with Crippen molar-refractivity contribution < 1.29 is 9.53 Å². The summed E-state index contributed by atoms with van der Waals surface area (Å²) in [6.45, 7) is 1.99. The van der Waals surface area contributed by atoms with Crippen molar-refractivity contribution in [1.29, 1.82) is 0 Å². The van der Waals surface area contributed by atoms with Crippen molar-refractivity contribution >= 4 is 11.7 Å². The van der Waals surface area contributed by atoms with E-state index in [0.717, 1.165) is 49.3 Å². The lowest BCUT2D eigenvalue weighted by atomic mass is 10.0. The van der Waals surface area contributed by atoms with E-state index in [4.69, 9.17) is 4.74 Å². The quantitative estimate of drug-likeness (QED) is 0.813. The van der Waals surface area contributed by atoms with Crippen LogP contribution in [0.4, 0.5) is 5.82 Å². The summed E-state index contributed by atoms with van der Waals surface area (Å²) >= 11 is 0. The maximum Gasteiger partial charge on any atom is 0.252 e. The van der Waals surface area contributed by atoms with E-state index in [2.05, 4.69) is 9.97 Å². The number of amides is 1. The molecule has 0 spiro atoms. The Morgan fingerprint density at radius 1 is 1.38 bits per heavy atom. The lowest BCUT2D eigenvalue weighted by Crippen LogP contribution is -2.44. The van der Waals surface area contributed by atoms with E-state index in [1.807, 2.05) is 23.9 Å². The first kappa shape index (κ1) is 14.3. The molecule has 1 atom stereocenters. The molecule has 0 aromatic carbocycles. The van der Waals surface area contributed by atoms with Crippen molar-refractivity contribution in [3.8, 4) is 0 Å². The molecule has 1 amide bonds. The molecule has 0 aliphatic carbocycles. The number of ether oxygens (including phenoxy) is 1. The summed E-state index contributed by atoms with van der Waals surface area (Å²) < 4.78 is 5.61. The third kappa shape index (κ3) is 2.85. The van der Waals surface area contributed by atoms with Gasteiger partial charge < -0.3 is 14.5 Å². The number of aromatic nitrogens is 2. The van der Waals surface area contributed by atoms with Crippen LogP contribution in [-0.4, -0.2) is 54.1 Å². The Hall–Kier alpha value is -1.69. The Bertz CT molecular complexity index is 526. The maximum absolute atomic E-state index is 12.5. The molecule has 0 bridgehead atoms. The minimum atomic E-state index is -0.254. The Morgan fingerprint density at radius 3 is 2.95 bits per heavy atom. The van der Waals surface area contributed by atoms with E-state index in [1.54, 1.807) is 6.33 Å². The SMILES string of the molecule is CN(C)c1ncnc2c1CCN(C(=O)[C@H]1CCCCO1)C2. The first-order valence-corrected chi connectivity index (χ1v) is 7.57. The van der Waals surface area contributed by atoms with Crippen LogP contribution in [0.5, 0.6) is 0 Å². The topological polar surface area (TPSA) is 58.6 Å². The molecule has 0 saturated carbocycles. The van der Waals surface area contributed by atoms with Gasteiger partial charge >= 0.3 is 0 Å². The van der Waals surface area contributed by atoms with Crippen molar-refractivity contribution in [3.05, 3.63) is 17.6 Å². The molecule has 0 N–H and O–H groups in total. The third-order valence-corrected chi connectivity index (χ3v) is 4.17. The van der Waals surface area contributed by atoms with E-state index in [9.17, 15) is 4.79 Å². The second-order valence-corrected chi connectivity index (χ2v) is 5.88.